The van der Waals surface area contributed by atoms with Crippen LogP contribution in [0.5, 0.6) is 11.5 Å². The van der Waals surface area contributed by atoms with Gasteiger partial charge in [0, 0.05) is 27.2 Å². The fourth-order valence-electron chi connectivity index (χ4n) is 3.65. The monoisotopic (exact) mass is 529 g/mol. The van der Waals surface area contributed by atoms with Crippen LogP contribution in [0.4, 0.5) is 11.4 Å². The molecule has 0 bridgehead atoms. The van der Waals surface area contributed by atoms with Crippen molar-refractivity contribution in [2.45, 2.75) is 6.10 Å². The van der Waals surface area contributed by atoms with Crippen molar-refractivity contribution in [2.24, 2.45) is 0 Å². The SMILES string of the molecule is CN(C)c1cc(-c2ccc(OCCNC[C@H](O)c3ccc(O)c(NS(C)(=O)=O)c3)cc2)ccc1C(=O)O. The number of rotatable bonds is 12. The summed E-state index contributed by atoms with van der Waals surface area (Å²) in [5.74, 6) is -0.544. The lowest BCUT2D eigenvalue weighted by atomic mass is 10.0. The van der Waals surface area contributed by atoms with Crippen LogP contribution < -0.4 is 19.7 Å². The van der Waals surface area contributed by atoms with Gasteiger partial charge in [-0.1, -0.05) is 24.3 Å². The molecule has 198 valence electrons. The lowest BCUT2D eigenvalue weighted by molar-refractivity contribution is 0.0697. The molecule has 0 radical (unpaired) electrons. The quantitative estimate of drug-likeness (QED) is 0.176. The van der Waals surface area contributed by atoms with Gasteiger partial charge in [0.15, 0.2) is 0 Å². The van der Waals surface area contributed by atoms with Gasteiger partial charge >= 0.3 is 5.97 Å². The number of nitrogens with one attached hydrogen (secondary N) is 2. The zero-order valence-corrected chi connectivity index (χ0v) is 21.6. The van der Waals surface area contributed by atoms with Gasteiger partial charge < -0.3 is 30.3 Å². The predicted molar refractivity (Wildman–Crippen MR) is 143 cm³/mol. The van der Waals surface area contributed by atoms with Gasteiger partial charge in [0.2, 0.25) is 10.0 Å². The fraction of sp³-hybridized carbons (Fsp3) is 0.269. The first-order valence-corrected chi connectivity index (χ1v) is 13.3. The minimum Gasteiger partial charge on any atom is -0.506 e. The molecule has 0 saturated carbocycles. The average Bonchev–Trinajstić information content (AvgIpc) is 2.84. The Bertz CT molecular complexity index is 1340. The number of sulfonamides is 1. The average molecular weight is 530 g/mol. The summed E-state index contributed by atoms with van der Waals surface area (Å²) in [4.78, 5) is 13.2. The maximum atomic E-state index is 11.5. The molecule has 0 amide bonds. The van der Waals surface area contributed by atoms with E-state index in [0.717, 1.165) is 17.4 Å². The van der Waals surface area contributed by atoms with E-state index in [-0.39, 0.29) is 23.5 Å². The summed E-state index contributed by atoms with van der Waals surface area (Å²) in [5.41, 5.74) is 3.12. The molecule has 10 nitrogen and oxygen atoms in total. The number of carboxylic acids is 1. The minimum absolute atomic E-state index is 0.00148. The molecule has 0 unspecified atom stereocenters. The van der Waals surface area contributed by atoms with Crippen LogP contribution >= 0.6 is 0 Å². The third-order valence-electron chi connectivity index (χ3n) is 5.48. The number of aliphatic hydroxyl groups is 1. The number of benzene rings is 3. The second-order valence-electron chi connectivity index (χ2n) is 8.68. The number of hydrogen-bond acceptors (Lipinski definition) is 8. The van der Waals surface area contributed by atoms with Crippen LogP contribution in [0, 0.1) is 0 Å². The van der Waals surface area contributed by atoms with Gasteiger partial charge in [-0.05, 0) is 53.1 Å². The summed E-state index contributed by atoms with van der Waals surface area (Å²) >= 11 is 0. The number of ether oxygens (including phenoxy) is 1. The van der Waals surface area contributed by atoms with Crippen molar-refractivity contribution in [3.63, 3.8) is 0 Å². The van der Waals surface area contributed by atoms with Crippen LogP contribution in [0.25, 0.3) is 11.1 Å². The maximum absolute atomic E-state index is 11.5. The minimum atomic E-state index is -3.57. The molecule has 0 spiro atoms. The Labute approximate surface area is 216 Å². The first kappa shape index (κ1) is 27.8. The Morgan fingerprint density at radius 3 is 2.32 bits per heavy atom. The van der Waals surface area contributed by atoms with Crippen molar-refractivity contribution in [3.05, 3.63) is 71.8 Å². The van der Waals surface area contributed by atoms with Crippen molar-refractivity contribution in [1.29, 1.82) is 0 Å². The highest BCUT2D eigenvalue weighted by Crippen LogP contribution is 2.29. The highest BCUT2D eigenvalue weighted by atomic mass is 32.2. The number of aromatic hydroxyl groups is 1. The van der Waals surface area contributed by atoms with Gasteiger partial charge in [-0.25, -0.2) is 13.2 Å². The number of aliphatic hydroxyl groups excluding tert-OH is 1. The first-order chi connectivity index (χ1) is 17.4. The molecule has 3 aromatic carbocycles. The van der Waals surface area contributed by atoms with Crippen LogP contribution in [-0.2, 0) is 10.0 Å². The van der Waals surface area contributed by atoms with Crippen LogP contribution in [0.15, 0.2) is 60.7 Å². The van der Waals surface area contributed by atoms with Crippen molar-refractivity contribution in [3.8, 4) is 22.6 Å². The number of anilines is 2. The van der Waals surface area contributed by atoms with E-state index in [0.29, 0.717) is 30.2 Å². The summed E-state index contributed by atoms with van der Waals surface area (Å²) in [6, 6.07) is 16.9. The molecule has 1 atom stereocenters. The molecule has 3 aromatic rings. The van der Waals surface area contributed by atoms with Crippen LogP contribution in [0.1, 0.15) is 22.0 Å². The molecular weight excluding hydrogens is 498 g/mol. The second-order valence-corrected chi connectivity index (χ2v) is 10.4. The third kappa shape index (κ3) is 7.84. The van der Waals surface area contributed by atoms with Crippen molar-refractivity contribution < 1.29 is 33.3 Å². The summed E-state index contributed by atoms with van der Waals surface area (Å²) in [6.45, 7) is 1.00. The summed E-state index contributed by atoms with van der Waals surface area (Å²) < 4.78 is 30.8. The lowest BCUT2D eigenvalue weighted by Gasteiger charge is -2.17. The summed E-state index contributed by atoms with van der Waals surface area (Å²) in [6.07, 6.45) is 0.0592. The lowest BCUT2D eigenvalue weighted by Crippen LogP contribution is -2.26. The Hall–Kier alpha value is -3.80. The molecule has 5 N–H and O–H groups in total. The van der Waals surface area contributed by atoms with E-state index in [1.165, 1.54) is 18.2 Å². The molecule has 3 rings (SSSR count). The smallest absolute Gasteiger partial charge is 0.337 e. The standard InChI is InChI=1S/C26H31N3O7S/c1-29(2)23-15-18(6-10-21(23)26(32)33)17-4-8-20(9-5-17)36-13-12-27-16-25(31)19-7-11-24(30)22(14-19)28-37(3,34)35/h4-11,14-15,25,27-28,30-31H,12-13,16H2,1-3H3,(H,32,33)/t25-/m0/s1. The van der Waals surface area contributed by atoms with E-state index < -0.39 is 22.1 Å². The van der Waals surface area contributed by atoms with Gasteiger partial charge in [-0.3, -0.25) is 4.72 Å². The van der Waals surface area contributed by atoms with E-state index in [9.17, 15) is 28.5 Å². The summed E-state index contributed by atoms with van der Waals surface area (Å²) in [7, 11) is 0.0298. The molecule has 0 heterocycles. The van der Waals surface area contributed by atoms with Crippen molar-refractivity contribution in [1.82, 2.24) is 5.32 Å². The van der Waals surface area contributed by atoms with Crippen LogP contribution in [-0.4, -0.2) is 69.8 Å². The van der Waals surface area contributed by atoms with Gasteiger partial charge in [-0.2, -0.15) is 0 Å². The Kier molecular flexibility index (Phi) is 8.98. The fourth-order valence-corrected chi connectivity index (χ4v) is 4.21. The molecule has 0 aliphatic rings. The Morgan fingerprint density at radius 1 is 1.03 bits per heavy atom. The van der Waals surface area contributed by atoms with E-state index in [4.69, 9.17) is 4.74 Å². The van der Waals surface area contributed by atoms with Gasteiger partial charge in [0.25, 0.3) is 0 Å². The van der Waals surface area contributed by atoms with E-state index in [1.54, 1.807) is 31.1 Å². The zero-order chi connectivity index (χ0) is 27.2. The Morgan fingerprint density at radius 2 is 1.70 bits per heavy atom. The largest absolute Gasteiger partial charge is 0.506 e. The molecule has 0 aliphatic carbocycles. The number of aromatic carboxylic acids is 1. The molecular formula is C26H31N3O7S. The van der Waals surface area contributed by atoms with E-state index in [2.05, 4.69) is 10.0 Å². The first-order valence-electron chi connectivity index (χ1n) is 11.4. The predicted octanol–water partition coefficient (Wildman–Crippen LogP) is 2.90. The topological polar surface area (TPSA) is 148 Å². The number of nitrogens with zero attached hydrogens (tertiary/aromatic N) is 1. The number of phenolic OH excluding ortho intramolecular Hbond substituents is 1. The zero-order valence-electron chi connectivity index (χ0n) is 20.8. The molecule has 37 heavy (non-hydrogen) atoms. The second kappa shape index (κ2) is 12.0. The highest BCUT2D eigenvalue weighted by molar-refractivity contribution is 7.92. The normalized spacial score (nSPS) is 12.1. The van der Waals surface area contributed by atoms with E-state index in [1.807, 2.05) is 30.3 Å². The van der Waals surface area contributed by atoms with Gasteiger partial charge in [0.1, 0.15) is 18.1 Å². The summed E-state index contributed by atoms with van der Waals surface area (Å²) in [5, 5.41) is 32.7. The Balaban J connectivity index is 1.50. The number of carbonyl (C=O) groups is 1. The maximum Gasteiger partial charge on any atom is 0.337 e. The molecule has 0 aromatic heterocycles. The molecule has 0 saturated heterocycles. The van der Waals surface area contributed by atoms with Gasteiger partial charge in [0.05, 0.1) is 29.3 Å². The van der Waals surface area contributed by atoms with Crippen molar-refractivity contribution >= 4 is 27.4 Å². The molecule has 0 aliphatic heterocycles. The van der Waals surface area contributed by atoms with Gasteiger partial charge in [-0.15, -0.1) is 0 Å². The molecule has 0 fully saturated rings. The number of hydrogen-bond donors (Lipinski definition) is 5. The van der Waals surface area contributed by atoms with Crippen LogP contribution in [0.3, 0.4) is 0 Å². The highest BCUT2D eigenvalue weighted by Gasteiger charge is 2.14. The number of phenols is 1. The van der Waals surface area contributed by atoms with Crippen molar-refractivity contribution in [2.75, 3.05) is 49.7 Å². The number of carboxylic acid groups (broad SMARTS) is 1. The third-order valence-corrected chi connectivity index (χ3v) is 6.07. The van der Waals surface area contributed by atoms with Crippen LogP contribution in [0.2, 0.25) is 0 Å². The van der Waals surface area contributed by atoms with E-state index >= 15 is 0 Å². The molecule has 11 heteroatoms.